The topological polar surface area (TPSA) is 38.7 Å². The lowest BCUT2D eigenvalue weighted by atomic mass is 10.1. The Labute approximate surface area is 121 Å². The molecule has 0 saturated carbocycles. The van der Waals surface area contributed by atoms with Crippen LogP contribution in [0.3, 0.4) is 0 Å². The summed E-state index contributed by atoms with van der Waals surface area (Å²) >= 11 is 5.71. The van der Waals surface area contributed by atoms with E-state index in [0.717, 1.165) is 0 Å². The molecule has 3 nitrogen and oxygen atoms in total. The molecule has 5 heteroatoms. The summed E-state index contributed by atoms with van der Waals surface area (Å²) in [4.78, 5) is 0. The van der Waals surface area contributed by atoms with E-state index in [1.165, 1.54) is 25.3 Å². The largest absolute Gasteiger partial charge is 0.496 e. The SMILES string of the molecule is COc1cccc(Oc2ccc(F)c(Cl)c2)c1[C@H](C)O. The summed E-state index contributed by atoms with van der Waals surface area (Å²) in [5.74, 6) is 0.819. The van der Waals surface area contributed by atoms with Crippen molar-refractivity contribution >= 4 is 11.6 Å². The maximum atomic E-state index is 13.1. The van der Waals surface area contributed by atoms with E-state index >= 15 is 0 Å². The van der Waals surface area contributed by atoms with Gasteiger partial charge < -0.3 is 14.6 Å². The number of benzene rings is 2. The average Bonchev–Trinajstić information content (AvgIpc) is 2.42. The molecule has 0 aliphatic carbocycles. The Morgan fingerprint density at radius 2 is 1.90 bits per heavy atom. The van der Waals surface area contributed by atoms with Crippen LogP contribution >= 0.6 is 11.6 Å². The van der Waals surface area contributed by atoms with Crippen molar-refractivity contribution in [3.63, 3.8) is 0 Å². The zero-order valence-corrected chi connectivity index (χ0v) is 11.8. The third-order valence-corrected chi connectivity index (χ3v) is 3.07. The third kappa shape index (κ3) is 3.03. The molecule has 2 aromatic rings. The second-order valence-corrected chi connectivity index (χ2v) is 4.63. The zero-order chi connectivity index (χ0) is 14.7. The summed E-state index contributed by atoms with van der Waals surface area (Å²) in [5, 5.41) is 9.82. The number of ether oxygens (including phenoxy) is 2. The second kappa shape index (κ2) is 6.11. The minimum Gasteiger partial charge on any atom is -0.496 e. The smallest absolute Gasteiger partial charge is 0.142 e. The number of aliphatic hydroxyl groups is 1. The molecule has 0 aliphatic heterocycles. The van der Waals surface area contributed by atoms with Gasteiger partial charge in [0, 0.05) is 6.07 Å². The number of methoxy groups -OCH3 is 1. The first-order valence-electron chi connectivity index (χ1n) is 6.00. The van der Waals surface area contributed by atoms with Crippen LogP contribution in [-0.2, 0) is 0 Å². The molecule has 0 radical (unpaired) electrons. The van der Waals surface area contributed by atoms with Crippen LogP contribution in [0.5, 0.6) is 17.2 Å². The summed E-state index contributed by atoms with van der Waals surface area (Å²) in [7, 11) is 1.51. The zero-order valence-electron chi connectivity index (χ0n) is 11.1. The van der Waals surface area contributed by atoms with Crippen molar-refractivity contribution < 1.29 is 19.0 Å². The molecular weight excluding hydrogens is 283 g/mol. The molecule has 0 spiro atoms. The van der Waals surface area contributed by atoms with Gasteiger partial charge in [-0.1, -0.05) is 17.7 Å². The van der Waals surface area contributed by atoms with E-state index < -0.39 is 11.9 Å². The summed E-state index contributed by atoms with van der Waals surface area (Å²) in [6.07, 6.45) is -0.767. The van der Waals surface area contributed by atoms with Crippen LogP contribution in [0, 0.1) is 5.82 Å². The number of halogens is 2. The van der Waals surface area contributed by atoms with E-state index in [9.17, 15) is 9.50 Å². The first-order valence-corrected chi connectivity index (χ1v) is 6.38. The third-order valence-electron chi connectivity index (χ3n) is 2.78. The van der Waals surface area contributed by atoms with Gasteiger partial charge in [0.1, 0.15) is 23.1 Å². The molecule has 0 saturated heterocycles. The van der Waals surface area contributed by atoms with Gasteiger partial charge >= 0.3 is 0 Å². The Morgan fingerprint density at radius 1 is 1.20 bits per heavy atom. The standard InChI is InChI=1S/C15H14ClFO3/c1-9(18)15-13(19-2)4-3-5-14(15)20-10-6-7-12(17)11(16)8-10/h3-9,18H,1-2H3/t9-/m0/s1. The Hall–Kier alpha value is -1.78. The Morgan fingerprint density at radius 3 is 2.50 bits per heavy atom. The Kier molecular flexibility index (Phi) is 4.47. The van der Waals surface area contributed by atoms with Crippen molar-refractivity contribution in [2.24, 2.45) is 0 Å². The molecule has 2 aromatic carbocycles. The highest BCUT2D eigenvalue weighted by atomic mass is 35.5. The highest BCUT2D eigenvalue weighted by Crippen LogP contribution is 2.37. The number of hydrogen-bond donors (Lipinski definition) is 1. The van der Waals surface area contributed by atoms with Gasteiger partial charge in [-0.2, -0.15) is 0 Å². The number of aliphatic hydroxyl groups excluding tert-OH is 1. The maximum Gasteiger partial charge on any atom is 0.142 e. The fourth-order valence-electron chi connectivity index (χ4n) is 1.87. The molecule has 0 fully saturated rings. The van der Waals surface area contributed by atoms with Crippen molar-refractivity contribution in [3.8, 4) is 17.2 Å². The molecule has 106 valence electrons. The van der Waals surface area contributed by atoms with Gasteiger partial charge in [-0.25, -0.2) is 4.39 Å². The lowest BCUT2D eigenvalue weighted by Crippen LogP contribution is -2.00. The minimum absolute atomic E-state index is 0.0241. The quantitative estimate of drug-likeness (QED) is 0.912. The molecule has 2 rings (SSSR count). The molecule has 0 amide bonds. The van der Waals surface area contributed by atoms with Crippen LogP contribution in [0.4, 0.5) is 4.39 Å². The van der Waals surface area contributed by atoms with Gasteiger partial charge in [0.25, 0.3) is 0 Å². The molecule has 0 unspecified atom stereocenters. The first-order chi connectivity index (χ1) is 9.52. The van der Waals surface area contributed by atoms with E-state index in [4.69, 9.17) is 21.1 Å². The van der Waals surface area contributed by atoms with E-state index in [-0.39, 0.29) is 5.02 Å². The predicted molar refractivity (Wildman–Crippen MR) is 75.1 cm³/mol. The predicted octanol–water partition coefficient (Wildman–Crippen LogP) is 4.33. The monoisotopic (exact) mass is 296 g/mol. The highest BCUT2D eigenvalue weighted by Gasteiger charge is 2.16. The van der Waals surface area contributed by atoms with Crippen molar-refractivity contribution in [2.75, 3.05) is 7.11 Å². The van der Waals surface area contributed by atoms with E-state index in [1.54, 1.807) is 25.1 Å². The first kappa shape index (κ1) is 14.6. The van der Waals surface area contributed by atoms with E-state index in [1.807, 2.05) is 0 Å². The van der Waals surface area contributed by atoms with Gasteiger partial charge in [-0.15, -0.1) is 0 Å². The fraction of sp³-hybridized carbons (Fsp3) is 0.200. The number of rotatable bonds is 4. The van der Waals surface area contributed by atoms with Crippen LogP contribution in [0.2, 0.25) is 5.02 Å². The molecule has 1 atom stereocenters. The van der Waals surface area contributed by atoms with Gasteiger partial charge in [0.2, 0.25) is 0 Å². The molecule has 20 heavy (non-hydrogen) atoms. The Balaban J connectivity index is 2.40. The normalized spacial score (nSPS) is 12.1. The van der Waals surface area contributed by atoms with Crippen molar-refractivity contribution in [1.82, 2.24) is 0 Å². The van der Waals surface area contributed by atoms with Gasteiger partial charge in [-0.3, -0.25) is 0 Å². The average molecular weight is 297 g/mol. The lowest BCUT2D eigenvalue weighted by Gasteiger charge is -2.16. The molecule has 0 bridgehead atoms. The molecule has 0 aliphatic rings. The minimum atomic E-state index is -0.767. The van der Waals surface area contributed by atoms with Crippen molar-refractivity contribution in [2.45, 2.75) is 13.0 Å². The molecule has 0 aromatic heterocycles. The summed E-state index contributed by atoms with van der Waals surface area (Å²) in [5.41, 5.74) is 0.524. The van der Waals surface area contributed by atoms with Crippen LogP contribution in [-0.4, -0.2) is 12.2 Å². The van der Waals surface area contributed by atoms with Crippen LogP contribution in [0.1, 0.15) is 18.6 Å². The van der Waals surface area contributed by atoms with Gasteiger partial charge in [0.15, 0.2) is 0 Å². The molecular formula is C15H14ClFO3. The van der Waals surface area contributed by atoms with Crippen LogP contribution in [0.15, 0.2) is 36.4 Å². The van der Waals surface area contributed by atoms with Gasteiger partial charge in [0.05, 0.1) is 23.8 Å². The fourth-order valence-corrected chi connectivity index (χ4v) is 2.04. The Bertz CT molecular complexity index is 614. The van der Waals surface area contributed by atoms with Crippen molar-refractivity contribution in [3.05, 3.63) is 52.8 Å². The lowest BCUT2D eigenvalue weighted by molar-refractivity contribution is 0.190. The van der Waals surface area contributed by atoms with Gasteiger partial charge in [-0.05, 0) is 31.2 Å². The summed E-state index contributed by atoms with van der Waals surface area (Å²) < 4.78 is 24.0. The van der Waals surface area contributed by atoms with E-state index in [0.29, 0.717) is 22.8 Å². The second-order valence-electron chi connectivity index (χ2n) is 4.23. The van der Waals surface area contributed by atoms with E-state index in [2.05, 4.69) is 0 Å². The summed E-state index contributed by atoms with van der Waals surface area (Å²) in [6, 6.07) is 9.23. The van der Waals surface area contributed by atoms with Crippen LogP contribution < -0.4 is 9.47 Å². The molecule has 0 heterocycles. The van der Waals surface area contributed by atoms with Crippen LogP contribution in [0.25, 0.3) is 0 Å². The number of hydrogen-bond acceptors (Lipinski definition) is 3. The van der Waals surface area contributed by atoms with Crippen molar-refractivity contribution in [1.29, 1.82) is 0 Å². The highest BCUT2D eigenvalue weighted by molar-refractivity contribution is 6.30. The maximum absolute atomic E-state index is 13.1. The summed E-state index contributed by atoms with van der Waals surface area (Å²) in [6.45, 7) is 1.61. The molecule has 1 N–H and O–H groups in total.